The summed E-state index contributed by atoms with van der Waals surface area (Å²) in [5.74, 6) is -0.853. The summed E-state index contributed by atoms with van der Waals surface area (Å²) in [6, 6.07) is 6.45. The first-order valence-electron chi connectivity index (χ1n) is 6.30. The number of nitrogens with zero attached hydrogens (tertiary/aromatic N) is 1. The minimum Gasteiger partial charge on any atom is -0.461 e. The molecule has 0 atom stereocenters. The van der Waals surface area contributed by atoms with Crippen molar-refractivity contribution in [3.63, 3.8) is 0 Å². The number of hydrogen-bond acceptors (Lipinski definition) is 2. The minimum atomic E-state index is -0.467. The number of carbonyl (C=O) groups excluding carboxylic acids is 1. The van der Waals surface area contributed by atoms with E-state index in [0.29, 0.717) is 24.4 Å². The molecule has 2 rings (SSSR count). The highest BCUT2D eigenvalue weighted by atomic mass is 35.5. The van der Waals surface area contributed by atoms with Gasteiger partial charge in [-0.05, 0) is 37.1 Å². The summed E-state index contributed by atoms with van der Waals surface area (Å²) in [5.41, 5.74) is 1.90. The van der Waals surface area contributed by atoms with E-state index < -0.39 is 5.82 Å². The van der Waals surface area contributed by atoms with E-state index in [1.807, 2.05) is 13.0 Å². The highest BCUT2D eigenvalue weighted by molar-refractivity contribution is 6.31. The normalized spacial score (nSPS) is 10.6. The molecule has 0 radical (unpaired) electrons. The Balaban J connectivity index is 2.35. The fraction of sp³-hybridized carbons (Fsp3) is 0.267. The third-order valence-corrected chi connectivity index (χ3v) is 3.43. The van der Waals surface area contributed by atoms with Crippen molar-refractivity contribution in [3.05, 3.63) is 58.1 Å². The van der Waals surface area contributed by atoms with E-state index in [-0.39, 0.29) is 11.0 Å². The van der Waals surface area contributed by atoms with Crippen molar-refractivity contribution in [3.8, 4) is 0 Å². The molecule has 2 aromatic rings. The van der Waals surface area contributed by atoms with Crippen LogP contribution >= 0.6 is 11.6 Å². The molecule has 0 amide bonds. The number of aromatic nitrogens is 1. The van der Waals surface area contributed by atoms with Gasteiger partial charge < -0.3 is 9.30 Å². The van der Waals surface area contributed by atoms with Gasteiger partial charge in [-0.15, -0.1) is 0 Å². The molecular weight excluding hydrogens is 281 g/mol. The Morgan fingerprint density at radius 3 is 2.85 bits per heavy atom. The van der Waals surface area contributed by atoms with Gasteiger partial charge in [0.25, 0.3) is 0 Å². The smallest absolute Gasteiger partial charge is 0.355 e. The van der Waals surface area contributed by atoms with Gasteiger partial charge in [0, 0.05) is 12.7 Å². The molecule has 3 nitrogen and oxygen atoms in total. The molecule has 0 aliphatic rings. The second-order valence-corrected chi connectivity index (χ2v) is 4.79. The summed E-state index contributed by atoms with van der Waals surface area (Å²) in [4.78, 5) is 11.9. The van der Waals surface area contributed by atoms with E-state index >= 15 is 0 Å². The van der Waals surface area contributed by atoms with Gasteiger partial charge in [0.1, 0.15) is 11.5 Å². The Labute approximate surface area is 121 Å². The Morgan fingerprint density at radius 2 is 2.15 bits per heavy atom. The summed E-state index contributed by atoms with van der Waals surface area (Å²) in [5, 5.41) is 0.0775. The monoisotopic (exact) mass is 295 g/mol. The van der Waals surface area contributed by atoms with Crippen molar-refractivity contribution >= 4 is 17.6 Å². The zero-order valence-electron chi connectivity index (χ0n) is 11.3. The number of carbonyl (C=O) groups is 1. The van der Waals surface area contributed by atoms with Gasteiger partial charge in [-0.25, -0.2) is 9.18 Å². The third kappa shape index (κ3) is 2.85. The predicted molar refractivity (Wildman–Crippen MR) is 75.6 cm³/mol. The van der Waals surface area contributed by atoms with Crippen LogP contribution in [0.5, 0.6) is 0 Å². The molecule has 106 valence electrons. The number of benzene rings is 1. The summed E-state index contributed by atoms with van der Waals surface area (Å²) in [7, 11) is 0. The van der Waals surface area contributed by atoms with Crippen LogP contribution in [-0.4, -0.2) is 17.1 Å². The van der Waals surface area contributed by atoms with E-state index in [9.17, 15) is 9.18 Å². The first-order valence-corrected chi connectivity index (χ1v) is 6.68. The van der Waals surface area contributed by atoms with Gasteiger partial charge in [-0.3, -0.25) is 0 Å². The van der Waals surface area contributed by atoms with Crippen LogP contribution in [0.4, 0.5) is 4.39 Å². The molecule has 0 N–H and O–H groups in total. The molecule has 5 heteroatoms. The Kier molecular flexibility index (Phi) is 4.45. The molecule has 0 bridgehead atoms. The third-order valence-electron chi connectivity index (χ3n) is 3.01. The Bertz CT molecular complexity index is 637. The quantitative estimate of drug-likeness (QED) is 0.803. The maximum Gasteiger partial charge on any atom is 0.355 e. The van der Waals surface area contributed by atoms with Crippen molar-refractivity contribution in [1.29, 1.82) is 0 Å². The fourth-order valence-corrected chi connectivity index (χ4v) is 2.23. The van der Waals surface area contributed by atoms with Gasteiger partial charge in [-0.2, -0.15) is 0 Å². The molecule has 1 aromatic heterocycles. The standard InChI is InChI=1S/C15H15ClFNO2/c1-3-20-15(19)14-10(2)7-8-18(14)9-11-5-4-6-12(17)13(11)16/h4-8H,3,9H2,1-2H3. The number of esters is 1. The van der Waals surface area contributed by atoms with Crippen LogP contribution in [-0.2, 0) is 11.3 Å². The van der Waals surface area contributed by atoms with Gasteiger partial charge in [0.05, 0.1) is 11.6 Å². The fourth-order valence-electron chi connectivity index (χ4n) is 2.05. The van der Waals surface area contributed by atoms with Crippen molar-refractivity contribution in [2.75, 3.05) is 6.61 Å². The Hall–Kier alpha value is -1.81. The van der Waals surface area contributed by atoms with Crippen LogP contribution in [0.25, 0.3) is 0 Å². The molecule has 0 aliphatic heterocycles. The number of hydrogen-bond donors (Lipinski definition) is 0. The zero-order chi connectivity index (χ0) is 14.7. The first-order chi connectivity index (χ1) is 9.54. The van der Waals surface area contributed by atoms with Gasteiger partial charge >= 0.3 is 5.97 Å². The highest BCUT2D eigenvalue weighted by Crippen LogP contribution is 2.22. The molecule has 0 fully saturated rings. The molecule has 0 saturated carbocycles. The topological polar surface area (TPSA) is 31.2 Å². The molecule has 1 aromatic carbocycles. The molecule has 0 aliphatic carbocycles. The van der Waals surface area contributed by atoms with Crippen LogP contribution in [0.3, 0.4) is 0 Å². The van der Waals surface area contributed by atoms with Crippen LogP contribution in [0.2, 0.25) is 5.02 Å². The van der Waals surface area contributed by atoms with E-state index in [4.69, 9.17) is 16.3 Å². The second kappa shape index (κ2) is 6.09. The van der Waals surface area contributed by atoms with Crippen LogP contribution in [0.15, 0.2) is 30.5 Å². The number of halogens is 2. The van der Waals surface area contributed by atoms with Crippen molar-refractivity contribution in [1.82, 2.24) is 4.57 Å². The lowest BCUT2D eigenvalue weighted by molar-refractivity contribution is 0.0513. The highest BCUT2D eigenvalue weighted by Gasteiger charge is 2.17. The van der Waals surface area contributed by atoms with Crippen LogP contribution < -0.4 is 0 Å². The lowest BCUT2D eigenvalue weighted by atomic mass is 10.2. The summed E-state index contributed by atoms with van der Waals surface area (Å²) in [6.07, 6.45) is 1.77. The largest absolute Gasteiger partial charge is 0.461 e. The number of ether oxygens (including phenoxy) is 1. The molecule has 0 unspecified atom stereocenters. The summed E-state index contributed by atoms with van der Waals surface area (Å²) < 4.78 is 20.2. The van der Waals surface area contributed by atoms with Gasteiger partial charge in [0.2, 0.25) is 0 Å². The van der Waals surface area contributed by atoms with Crippen molar-refractivity contribution < 1.29 is 13.9 Å². The second-order valence-electron chi connectivity index (χ2n) is 4.41. The van der Waals surface area contributed by atoms with Crippen molar-refractivity contribution in [2.45, 2.75) is 20.4 Å². The maximum absolute atomic E-state index is 13.4. The molecule has 0 spiro atoms. The Morgan fingerprint density at radius 1 is 1.40 bits per heavy atom. The lowest BCUT2D eigenvalue weighted by Gasteiger charge is -2.11. The van der Waals surface area contributed by atoms with Crippen LogP contribution in [0, 0.1) is 12.7 Å². The SMILES string of the molecule is CCOC(=O)c1c(C)ccn1Cc1cccc(F)c1Cl. The summed E-state index contributed by atoms with van der Waals surface area (Å²) >= 11 is 5.94. The predicted octanol–water partition coefficient (Wildman–Crippen LogP) is 3.81. The average Bonchev–Trinajstić information content (AvgIpc) is 2.76. The van der Waals surface area contributed by atoms with E-state index in [0.717, 1.165) is 5.56 Å². The first kappa shape index (κ1) is 14.6. The van der Waals surface area contributed by atoms with Crippen LogP contribution in [0.1, 0.15) is 28.5 Å². The number of rotatable bonds is 4. The zero-order valence-corrected chi connectivity index (χ0v) is 12.1. The maximum atomic E-state index is 13.4. The van der Waals surface area contributed by atoms with Gasteiger partial charge in [0.15, 0.2) is 0 Å². The number of aryl methyl sites for hydroxylation is 1. The molecule has 20 heavy (non-hydrogen) atoms. The minimum absolute atomic E-state index is 0.0775. The lowest BCUT2D eigenvalue weighted by Crippen LogP contribution is -2.14. The van der Waals surface area contributed by atoms with E-state index in [1.54, 1.807) is 29.8 Å². The summed E-state index contributed by atoms with van der Waals surface area (Å²) in [6.45, 7) is 4.21. The molecular formula is C15H15ClFNO2. The average molecular weight is 296 g/mol. The van der Waals surface area contributed by atoms with Gasteiger partial charge in [-0.1, -0.05) is 23.7 Å². The molecule has 1 heterocycles. The van der Waals surface area contributed by atoms with E-state index in [2.05, 4.69) is 0 Å². The molecule has 0 saturated heterocycles. The van der Waals surface area contributed by atoms with E-state index in [1.165, 1.54) is 6.07 Å². The van der Waals surface area contributed by atoms with Crippen molar-refractivity contribution in [2.24, 2.45) is 0 Å².